The van der Waals surface area contributed by atoms with Crippen molar-refractivity contribution in [3.05, 3.63) is 0 Å². The van der Waals surface area contributed by atoms with Crippen molar-refractivity contribution in [2.24, 2.45) is 11.8 Å². The monoisotopic (exact) mass is 208 g/mol. The van der Waals surface area contributed by atoms with Gasteiger partial charge in [0.25, 0.3) is 0 Å². The van der Waals surface area contributed by atoms with Crippen molar-refractivity contribution >= 4 is 0 Å². The van der Waals surface area contributed by atoms with Crippen molar-refractivity contribution in [3.8, 4) is 0 Å². The van der Waals surface area contributed by atoms with Crippen LogP contribution in [0.3, 0.4) is 0 Å². The highest BCUT2D eigenvalue weighted by molar-refractivity contribution is 4.95. The van der Waals surface area contributed by atoms with Crippen LogP contribution < -0.4 is 5.32 Å². The van der Waals surface area contributed by atoms with E-state index >= 15 is 0 Å². The minimum Gasteiger partial charge on any atom is -0.311 e. The molecule has 1 N–H and O–H groups in total. The molecule has 2 nitrogen and oxygen atoms in total. The molecule has 3 aliphatic rings. The van der Waals surface area contributed by atoms with E-state index in [1.807, 2.05) is 0 Å². The van der Waals surface area contributed by atoms with Gasteiger partial charge in [-0.25, -0.2) is 0 Å². The molecular weight excluding hydrogens is 184 g/mol. The summed E-state index contributed by atoms with van der Waals surface area (Å²) in [7, 11) is 2.24. The lowest BCUT2D eigenvalue weighted by atomic mass is 9.93. The Morgan fingerprint density at radius 3 is 2.40 bits per heavy atom. The normalized spacial score (nSPS) is 42.6. The molecule has 3 fully saturated rings. The minimum atomic E-state index is 0.825. The molecule has 1 saturated heterocycles. The molecule has 0 aromatic carbocycles. The average molecular weight is 208 g/mol. The highest BCUT2D eigenvalue weighted by atomic mass is 15.1. The predicted molar refractivity (Wildman–Crippen MR) is 62.9 cm³/mol. The molecule has 3 rings (SSSR count). The van der Waals surface area contributed by atoms with Crippen molar-refractivity contribution in [3.63, 3.8) is 0 Å². The minimum absolute atomic E-state index is 0.825. The number of nitrogens with zero attached hydrogens (tertiary/aromatic N) is 1. The Kier molecular flexibility index (Phi) is 2.73. The van der Waals surface area contributed by atoms with E-state index in [1.54, 1.807) is 0 Å². The van der Waals surface area contributed by atoms with Crippen LogP contribution in [0.1, 0.15) is 38.5 Å². The molecule has 2 bridgehead atoms. The standard InChI is InChI=1S/C13H24N2/c1-15-6-4-12(5-7-15)14-13-9-10-2-3-11(13)8-10/h10-14H,2-9H2,1H3/t10-,11-,13+/m1/s1. The number of fused-ring (bicyclic) bond motifs is 2. The van der Waals surface area contributed by atoms with Crippen LogP contribution in [0.5, 0.6) is 0 Å². The van der Waals surface area contributed by atoms with Crippen molar-refractivity contribution in [1.82, 2.24) is 10.2 Å². The summed E-state index contributed by atoms with van der Waals surface area (Å²) in [6, 6.07) is 1.71. The fourth-order valence-corrected chi connectivity index (χ4v) is 3.93. The van der Waals surface area contributed by atoms with Gasteiger partial charge in [-0.3, -0.25) is 0 Å². The van der Waals surface area contributed by atoms with Gasteiger partial charge in [-0.05, 0) is 64.1 Å². The maximum absolute atomic E-state index is 3.94. The lowest BCUT2D eigenvalue weighted by molar-refractivity contribution is 0.209. The lowest BCUT2D eigenvalue weighted by Crippen LogP contribution is -2.46. The smallest absolute Gasteiger partial charge is 0.0101 e. The predicted octanol–water partition coefficient (Wildman–Crippen LogP) is 1.86. The maximum Gasteiger partial charge on any atom is 0.0101 e. The first-order chi connectivity index (χ1) is 7.31. The van der Waals surface area contributed by atoms with Crippen LogP contribution >= 0.6 is 0 Å². The first-order valence-electron chi connectivity index (χ1n) is 6.76. The van der Waals surface area contributed by atoms with Gasteiger partial charge in [0.2, 0.25) is 0 Å². The molecule has 0 unspecified atom stereocenters. The molecule has 2 saturated carbocycles. The van der Waals surface area contributed by atoms with E-state index in [-0.39, 0.29) is 0 Å². The fourth-order valence-electron chi connectivity index (χ4n) is 3.93. The SMILES string of the molecule is CN1CCC(N[C@H]2C[C@@H]3CC[C@@H]2C3)CC1. The van der Waals surface area contributed by atoms with Gasteiger partial charge in [-0.15, -0.1) is 0 Å². The highest BCUT2D eigenvalue weighted by Crippen LogP contribution is 2.44. The summed E-state index contributed by atoms with van der Waals surface area (Å²) in [5.74, 6) is 2.12. The third-order valence-electron chi connectivity index (χ3n) is 4.91. The third-order valence-corrected chi connectivity index (χ3v) is 4.91. The molecule has 2 aliphatic carbocycles. The van der Waals surface area contributed by atoms with Gasteiger partial charge < -0.3 is 10.2 Å². The van der Waals surface area contributed by atoms with E-state index in [2.05, 4.69) is 17.3 Å². The molecule has 0 aromatic rings. The first-order valence-corrected chi connectivity index (χ1v) is 6.76. The molecule has 86 valence electrons. The van der Waals surface area contributed by atoms with Gasteiger partial charge >= 0.3 is 0 Å². The van der Waals surface area contributed by atoms with E-state index in [0.717, 1.165) is 23.9 Å². The molecule has 1 aliphatic heterocycles. The number of piperidine rings is 1. The zero-order valence-electron chi connectivity index (χ0n) is 9.91. The van der Waals surface area contributed by atoms with Crippen molar-refractivity contribution in [2.45, 2.75) is 50.6 Å². The van der Waals surface area contributed by atoms with E-state index < -0.39 is 0 Å². The van der Waals surface area contributed by atoms with Crippen molar-refractivity contribution in [1.29, 1.82) is 0 Å². The van der Waals surface area contributed by atoms with Crippen LogP contribution in [0.15, 0.2) is 0 Å². The Labute approximate surface area is 93.4 Å². The lowest BCUT2D eigenvalue weighted by Gasteiger charge is -2.34. The van der Waals surface area contributed by atoms with Crippen molar-refractivity contribution < 1.29 is 0 Å². The van der Waals surface area contributed by atoms with Gasteiger partial charge in [-0.1, -0.05) is 6.42 Å². The topological polar surface area (TPSA) is 15.3 Å². The highest BCUT2D eigenvalue weighted by Gasteiger charge is 2.40. The summed E-state index contributed by atoms with van der Waals surface area (Å²) in [5.41, 5.74) is 0. The number of nitrogens with one attached hydrogen (secondary N) is 1. The number of hydrogen-bond donors (Lipinski definition) is 1. The van der Waals surface area contributed by atoms with E-state index in [9.17, 15) is 0 Å². The second-order valence-corrected chi connectivity index (χ2v) is 6.03. The van der Waals surface area contributed by atoms with Crippen LogP contribution in [0.25, 0.3) is 0 Å². The number of likely N-dealkylation sites (tertiary alicyclic amines) is 1. The summed E-state index contributed by atoms with van der Waals surface area (Å²) < 4.78 is 0. The summed E-state index contributed by atoms with van der Waals surface area (Å²) in [4.78, 5) is 2.46. The average Bonchev–Trinajstić information content (AvgIpc) is 2.83. The Morgan fingerprint density at radius 1 is 1.00 bits per heavy atom. The molecule has 0 spiro atoms. The molecule has 3 atom stereocenters. The first kappa shape index (κ1) is 10.1. The molecule has 15 heavy (non-hydrogen) atoms. The number of rotatable bonds is 2. The van der Waals surface area contributed by atoms with Gasteiger partial charge in [-0.2, -0.15) is 0 Å². The molecule has 0 amide bonds. The number of hydrogen-bond acceptors (Lipinski definition) is 2. The third kappa shape index (κ3) is 2.07. The van der Waals surface area contributed by atoms with Gasteiger partial charge in [0.1, 0.15) is 0 Å². The van der Waals surface area contributed by atoms with Crippen LogP contribution in [0.2, 0.25) is 0 Å². The summed E-state index contributed by atoms with van der Waals surface area (Å²) >= 11 is 0. The van der Waals surface area contributed by atoms with Crippen molar-refractivity contribution in [2.75, 3.05) is 20.1 Å². The van der Waals surface area contributed by atoms with Crippen LogP contribution in [0.4, 0.5) is 0 Å². The molecule has 0 radical (unpaired) electrons. The molecular formula is C13H24N2. The second kappa shape index (κ2) is 4.06. The maximum atomic E-state index is 3.94. The Morgan fingerprint density at radius 2 is 1.80 bits per heavy atom. The van der Waals surface area contributed by atoms with Gasteiger partial charge in [0.05, 0.1) is 0 Å². The Hall–Kier alpha value is -0.0800. The zero-order valence-corrected chi connectivity index (χ0v) is 9.91. The molecule has 1 heterocycles. The zero-order chi connectivity index (χ0) is 10.3. The molecule has 0 aromatic heterocycles. The summed E-state index contributed by atoms with van der Waals surface area (Å²) in [5, 5.41) is 3.94. The van der Waals surface area contributed by atoms with E-state index in [1.165, 1.54) is 51.6 Å². The summed E-state index contributed by atoms with van der Waals surface area (Å²) in [6.07, 6.45) is 8.78. The molecule has 2 heteroatoms. The van der Waals surface area contributed by atoms with Gasteiger partial charge in [0.15, 0.2) is 0 Å². The fraction of sp³-hybridized carbons (Fsp3) is 1.00. The van der Waals surface area contributed by atoms with Crippen LogP contribution in [0, 0.1) is 11.8 Å². The van der Waals surface area contributed by atoms with Crippen LogP contribution in [-0.4, -0.2) is 37.1 Å². The van der Waals surface area contributed by atoms with Crippen LogP contribution in [-0.2, 0) is 0 Å². The Bertz CT molecular complexity index is 221. The van der Waals surface area contributed by atoms with E-state index in [4.69, 9.17) is 0 Å². The Balaban J connectivity index is 1.49. The summed E-state index contributed by atoms with van der Waals surface area (Å²) in [6.45, 7) is 2.58. The second-order valence-electron chi connectivity index (χ2n) is 6.03. The van der Waals surface area contributed by atoms with E-state index in [0.29, 0.717) is 0 Å². The largest absolute Gasteiger partial charge is 0.311 e. The van der Waals surface area contributed by atoms with Gasteiger partial charge in [0, 0.05) is 12.1 Å². The quantitative estimate of drug-likeness (QED) is 0.745.